The van der Waals surface area contributed by atoms with Gasteiger partial charge in [0.05, 0.1) is 5.69 Å². The summed E-state index contributed by atoms with van der Waals surface area (Å²) < 4.78 is 2.04. The van der Waals surface area contributed by atoms with Crippen molar-refractivity contribution in [1.82, 2.24) is 9.47 Å². The summed E-state index contributed by atoms with van der Waals surface area (Å²) in [6.45, 7) is 7.92. The van der Waals surface area contributed by atoms with E-state index in [2.05, 4.69) is 37.2 Å². The fourth-order valence-electron chi connectivity index (χ4n) is 2.76. The number of aryl methyl sites for hydroxylation is 2. The summed E-state index contributed by atoms with van der Waals surface area (Å²) in [5.41, 5.74) is 3.55. The van der Waals surface area contributed by atoms with Crippen LogP contribution in [0.15, 0.2) is 29.4 Å². The first kappa shape index (κ1) is 15.0. The second-order valence-electron chi connectivity index (χ2n) is 5.80. The van der Waals surface area contributed by atoms with Gasteiger partial charge in [0.25, 0.3) is 0 Å². The van der Waals surface area contributed by atoms with Crippen molar-refractivity contribution in [2.75, 3.05) is 13.1 Å². The molecule has 0 spiro atoms. The number of rotatable bonds is 1. The lowest BCUT2D eigenvalue weighted by molar-refractivity contribution is 0.218. The number of nitrogens with zero attached hydrogens (tertiary/aromatic N) is 3. The van der Waals surface area contributed by atoms with E-state index in [9.17, 15) is 4.79 Å². The number of aromatic nitrogens is 1. The third kappa shape index (κ3) is 2.86. The van der Waals surface area contributed by atoms with E-state index < -0.39 is 0 Å². The molecule has 0 aliphatic carbocycles. The fourth-order valence-corrected chi connectivity index (χ4v) is 3.58. The molecular formula is C17H21N3OS. The van der Waals surface area contributed by atoms with E-state index in [1.54, 1.807) is 11.3 Å². The van der Waals surface area contributed by atoms with Crippen LogP contribution in [-0.2, 0) is 0 Å². The smallest absolute Gasteiger partial charge is 0.323 e. The minimum absolute atomic E-state index is 0.113. The van der Waals surface area contributed by atoms with E-state index >= 15 is 0 Å². The van der Waals surface area contributed by atoms with E-state index in [-0.39, 0.29) is 6.03 Å². The van der Waals surface area contributed by atoms with Crippen LogP contribution >= 0.6 is 11.3 Å². The zero-order valence-corrected chi connectivity index (χ0v) is 14.1. The minimum Gasteiger partial charge on any atom is -0.323 e. The lowest BCUT2D eigenvalue weighted by Gasteiger charge is -2.12. The Bertz CT molecular complexity index is 766. The number of hydrogen-bond acceptors (Lipinski definition) is 2. The molecule has 22 heavy (non-hydrogen) atoms. The molecule has 2 amide bonds. The molecular weight excluding hydrogens is 294 g/mol. The van der Waals surface area contributed by atoms with Crippen LogP contribution in [0.25, 0.3) is 5.69 Å². The number of thiazole rings is 1. The number of urea groups is 1. The van der Waals surface area contributed by atoms with Gasteiger partial charge in [-0.25, -0.2) is 4.79 Å². The van der Waals surface area contributed by atoms with Gasteiger partial charge in [0, 0.05) is 24.2 Å². The zero-order chi connectivity index (χ0) is 15.7. The normalized spacial score (nSPS) is 15.6. The van der Waals surface area contributed by atoms with Gasteiger partial charge in [-0.3, -0.25) is 4.57 Å². The maximum atomic E-state index is 12.3. The average Bonchev–Trinajstić information content (AvgIpc) is 3.12. The Morgan fingerprint density at radius 1 is 1.18 bits per heavy atom. The van der Waals surface area contributed by atoms with Crippen LogP contribution in [0.2, 0.25) is 0 Å². The highest BCUT2D eigenvalue weighted by Crippen LogP contribution is 2.18. The summed E-state index contributed by atoms with van der Waals surface area (Å²) in [6, 6.07) is 6.11. The van der Waals surface area contributed by atoms with Gasteiger partial charge in [0.2, 0.25) is 0 Å². The minimum atomic E-state index is -0.113. The molecule has 1 aromatic heterocycles. The van der Waals surface area contributed by atoms with E-state index in [0.29, 0.717) is 0 Å². The van der Waals surface area contributed by atoms with E-state index in [0.717, 1.165) is 41.3 Å². The standard InChI is InChI=1S/C17H21N3OS/c1-12-7-6-8-15(14(12)3)20-11-13(2)22-17(20)18-16(21)19-9-4-5-10-19/h6-8,11H,4-5,9-10H2,1-3H3/b18-17-. The molecule has 1 aromatic carbocycles. The SMILES string of the molecule is Cc1cn(-c2cccc(C)c2C)/c(=N/C(=O)N2CCCC2)s1. The average molecular weight is 315 g/mol. The summed E-state index contributed by atoms with van der Waals surface area (Å²) in [6.07, 6.45) is 4.23. The summed E-state index contributed by atoms with van der Waals surface area (Å²) in [7, 11) is 0. The van der Waals surface area contributed by atoms with Crippen molar-refractivity contribution in [2.24, 2.45) is 4.99 Å². The maximum absolute atomic E-state index is 12.3. The van der Waals surface area contributed by atoms with Crippen molar-refractivity contribution in [1.29, 1.82) is 0 Å². The molecule has 0 N–H and O–H groups in total. The Labute approximate surface area is 134 Å². The van der Waals surface area contributed by atoms with Crippen molar-refractivity contribution >= 4 is 17.4 Å². The van der Waals surface area contributed by atoms with Crippen LogP contribution in [0, 0.1) is 20.8 Å². The second kappa shape index (κ2) is 6.08. The Morgan fingerprint density at radius 2 is 1.91 bits per heavy atom. The summed E-state index contributed by atoms with van der Waals surface area (Å²) in [5.74, 6) is 0. The second-order valence-corrected chi connectivity index (χ2v) is 7.02. The molecule has 2 aromatic rings. The molecule has 1 saturated heterocycles. The van der Waals surface area contributed by atoms with E-state index in [1.807, 2.05) is 22.5 Å². The van der Waals surface area contributed by atoms with Gasteiger partial charge in [-0.15, -0.1) is 11.3 Å². The maximum Gasteiger partial charge on any atom is 0.346 e. The van der Waals surface area contributed by atoms with E-state index in [4.69, 9.17) is 0 Å². The lowest BCUT2D eigenvalue weighted by atomic mass is 10.1. The number of benzene rings is 1. The first-order valence-corrected chi connectivity index (χ1v) is 8.47. The third-order valence-electron chi connectivity index (χ3n) is 4.17. The van der Waals surface area contributed by atoms with Crippen LogP contribution in [0.3, 0.4) is 0 Å². The predicted octanol–water partition coefficient (Wildman–Crippen LogP) is 3.58. The molecule has 5 heteroatoms. The molecule has 2 heterocycles. The van der Waals surface area contributed by atoms with Crippen molar-refractivity contribution in [2.45, 2.75) is 33.6 Å². The van der Waals surface area contributed by atoms with Crippen LogP contribution in [0.5, 0.6) is 0 Å². The van der Waals surface area contributed by atoms with Crippen LogP contribution in [0.1, 0.15) is 28.8 Å². The molecule has 0 bridgehead atoms. The molecule has 0 atom stereocenters. The summed E-state index contributed by atoms with van der Waals surface area (Å²) in [4.78, 5) is 20.4. The summed E-state index contributed by atoms with van der Waals surface area (Å²) in [5, 5.41) is 0. The first-order valence-electron chi connectivity index (χ1n) is 7.65. The number of hydrogen-bond donors (Lipinski definition) is 0. The highest BCUT2D eigenvalue weighted by atomic mass is 32.1. The van der Waals surface area contributed by atoms with Crippen LogP contribution in [-0.4, -0.2) is 28.6 Å². The largest absolute Gasteiger partial charge is 0.346 e. The van der Waals surface area contributed by atoms with Gasteiger partial charge < -0.3 is 4.90 Å². The van der Waals surface area contributed by atoms with Gasteiger partial charge in [-0.05, 0) is 50.8 Å². The zero-order valence-electron chi connectivity index (χ0n) is 13.3. The fraction of sp³-hybridized carbons (Fsp3) is 0.412. The number of carbonyl (C=O) groups is 1. The first-order chi connectivity index (χ1) is 10.6. The highest BCUT2D eigenvalue weighted by molar-refractivity contribution is 7.09. The topological polar surface area (TPSA) is 37.6 Å². The lowest BCUT2D eigenvalue weighted by Crippen LogP contribution is -2.27. The van der Waals surface area contributed by atoms with Gasteiger partial charge >= 0.3 is 6.03 Å². The Balaban J connectivity index is 2.06. The predicted molar refractivity (Wildman–Crippen MR) is 89.6 cm³/mol. The molecule has 4 nitrogen and oxygen atoms in total. The summed E-state index contributed by atoms with van der Waals surface area (Å²) >= 11 is 1.56. The Kier molecular flexibility index (Phi) is 4.16. The van der Waals surface area contributed by atoms with Gasteiger partial charge in [0.1, 0.15) is 0 Å². The van der Waals surface area contributed by atoms with Gasteiger partial charge in [-0.2, -0.15) is 4.99 Å². The van der Waals surface area contributed by atoms with Gasteiger partial charge in [-0.1, -0.05) is 12.1 Å². The van der Waals surface area contributed by atoms with Crippen molar-refractivity contribution in [3.8, 4) is 5.69 Å². The molecule has 1 fully saturated rings. The van der Waals surface area contributed by atoms with E-state index in [1.165, 1.54) is 11.1 Å². The monoisotopic (exact) mass is 315 g/mol. The molecule has 1 aliphatic rings. The number of carbonyl (C=O) groups excluding carboxylic acids is 1. The quantitative estimate of drug-likeness (QED) is 0.792. The number of likely N-dealkylation sites (tertiary alicyclic amines) is 1. The van der Waals surface area contributed by atoms with Crippen LogP contribution < -0.4 is 4.80 Å². The van der Waals surface area contributed by atoms with Crippen LogP contribution in [0.4, 0.5) is 4.79 Å². The highest BCUT2D eigenvalue weighted by Gasteiger charge is 2.17. The van der Waals surface area contributed by atoms with Crippen molar-refractivity contribution in [3.63, 3.8) is 0 Å². The van der Waals surface area contributed by atoms with Crippen molar-refractivity contribution < 1.29 is 4.79 Å². The van der Waals surface area contributed by atoms with Gasteiger partial charge in [0.15, 0.2) is 4.80 Å². The number of amides is 2. The van der Waals surface area contributed by atoms with Crippen molar-refractivity contribution in [3.05, 3.63) is 45.2 Å². The Morgan fingerprint density at radius 3 is 2.64 bits per heavy atom. The molecule has 3 rings (SSSR count). The molecule has 0 unspecified atom stereocenters. The molecule has 0 radical (unpaired) electrons. The molecule has 0 saturated carbocycles. The third-order valence-corrected chi connectivity index (χ3v) is 5.07. The molecule has 1 aliphatic heterocycles. The molecule has 116 valence electrons. The Hall–Kier alpha value is -1.88.